The van der Waals surface area contributed by atoms with Crippen LogP contribution in [0.25, 0.3) is 16.9 Å². The van der Waals surface area contributed by atoms with Gasteiger partial charge in [-0.1, -0.05) is 50.1 Å². The maximum Gasteiger partial charge on any atom is 0.133 e. The fourth-order valence-electron chi connectivity index (χ4n) is 3.16. The highest BCUT2D eigenvalue weighted by molar-refractivity contribution is 9.10. The number of fused-ring (bicyclic) bond motifs is 1. The number of nitrogens with zero attached hydrogens (tertiary/aromatic N) is 2. The Bertz CT molecular complexity index is 816. The van der Waals surface area contributed by atoms with Crippen molar-refractivity contribution in [1.82, 2.24) is 9.78 Å². The standard InChI is InChI=1S/C19H17Br2N3/c20-14-6-3-5-13(11-14)18-17-9-1-2-10-22-19(17)24(23-18)16-8-4-7-15(21)12-16/h3-8,11-12,22H,1-2,9-10H2. The second-order valence-corrected chi connectivity index (χ2v) is 7.79. The minimum atomic E-state index is 0.991. The summed E-state index contributed by atoms with van der Waals surface area (Å²) in [6, 6.07) is 16.7. The van der Waals surface area contributed by atoms with E-state index in [0.717, 1.165) is 44.7 Å². The first-order chi connectivity index (χ1) is 11.7. The first-order valence-corrected chi connectivity index (χ1v) is 9.68. The lowest BCUT2D eigenvalue weighted by atomic mass is 10.0. The highest BCUT2D eigenvalue weighted by Gasteiger charge is 2.21. The molecule has 0 bridgehead atoms. The van der Waals surface area contributed by atoms with Crippen LogP contribution in [0, 0.1) is 0 Å². The third kappa shape index (κ3) is 3.03. The van der Waals surface area contributed by atoms with Crippen molar-refractivity contribution < 1.29 is 0 Å². The lowest BCUT2D eigenvalue weighted by Gasteiger charge is -2.09. The Morgan fingerprint density at radius 3 is 2.54 bits per heavy atom. The van der Waals surface area contributed by atoms with Crippen molar-refractivity contribution in [2.45, 2.75) is 19.3 Å². The lowest BCUT2D eigenvalue weighted by molar-refractivity contribution is 0.780. The quantitative estimate of drug-likeness (QED) is 0.538. The molecule has 2 heterocycles. The molecule has 24 heavy (non-hydrogen) atoms. The third-order valence-corrected chi connectivity index (χ3v) is 5.27. The minimum absolute atomic E-state index is 0.991. The van der Waals surface area contributed by atoms with E-state index in [4.69, 9.17) is 5.10 Å². The summed E-state index contributed by atoms with van der Waals surface area (Å²) in [6.07, 6.45) is 3.43. The van der Waals surface area contributed by atoms with E-state index in [0.29, 0.717) is 0 Å². The van der Waals surface area contributed by atoms with Gasteiger partial charge in [0.25, 0.3) is 0 Å². The first kappa shape index (κ1) is 15.9. The van der Waals surface area contributed by atoms with E-state index >= 15 is 0 Å². The van der Waals surface area contributed by atoms with E-state index in [1.54, 1.807) is 0 Å². The molecule has 122 valence electrons. The van der Waals surface area contributed by atoms with Gasteiger partial charge >= 0.3 is 0 Å². The smallest absolute Gasteiger partial charge is 0.133 e. The van der Waals surface area contributed by atoms with Gasteiger partial charge in [-0.2, -0.15) is 5.10 Å². The molecule has 5 heteroatoms. The number of anilines is 1. The van der Waals surface area contributed by atoms with Crippen molar-refractivity contribution in [2.24, 2.45) is 0 Å². The zero-order valence-corrected chi connectivity index (χ0v) is 16.3. The van der Waals surface area contributed by atoms with Crippen molar-refractivity contribution in [1.29, 1.82) is 0 Å². The average Bonchev–Trinajstić information content (AvgIpc) is 2.76. The Morgan fingerprint density at radius 1 is 0.958 bits per heavy atom. The highest BCUT2D eigenvalue weighted by Crippen LogP contribution is 2.35. The number of hydrogen-bond acceptors (Lipinski definition) is 2. The summed E-state index contributed by atoms with van der Waals surface area (Å²) < 4.78 is 4.18. The van der Waals surface area contributed by atoms with E-state index in [-0.39, 0.29) is 0 Å². The number of benzene rings is 2. The largest absolute Gasteiger partial charge is 0.370 e. The summed E-state index contributed by atoms with van der Waals surface area (Å²) in [4.78, 5) is 0. The molecule has 4 rings (SSSR count). The molecule has 1 aromatic heterocycles. The predicted octanol–water partition coefficient (Wildman–Crippen LogP) is 5.81. The van der Waals surface area contributed by atoms with Crippen molar-refractivity contribution >= 4 is 37.7 Å². The molecule has 1 aliphatic rings. The lowest BCUT2D eigenvalue weighted by Crippen LogP contribution is -2.07. The Labute approximate surface area is 158 Å². The number of rotatable bonds is 2. The van der Waals surface area contributed by atoms with Gasteiger partial charge in [-0.25, -0.2) is 4.68 Å². The van der Waals surface area contributed by atoms with Crippen LogP contribution in [0.15, 0.2) is 57.5 Å². The van der Waals surface area contributed by atoms with Crippen LogP contribution in [0.4, 0.5) is 5.82 Å². The fourth-order valence-corrected chi connectivity index (χ4v) is 3.95. The minimum Gasteiger partial charge on any atom is -0.370 e. The molecular formula is C19H17Br2N3. The van der Waals surface area contributed by atoms with Crippen molar-refractivity contribution in [3.05, 3.63) is 63.0 Å². The molecule has 0 saturated heterocycles. The Balaban J connectivity index is 1.92. The highest BCUT2D eigenvalue weighted by atomic mass is 79.9. The third-order valence-electron chi connectivity index (χ3n) is 4.28. The molecule has 0 amide bonds. The molecule has 0 unspecified atom stereocenters. The van der Waals surface area contributed by atoms with Crippen molar-refractivity contribution in [2.75, 3.05) is 11.9 Å². The molecule has 0 aliphatic carbocycles. The maximum absolute atomic E-state index is 4.97. The summed E-state index contributed by atoms with van der Waals surface area (Å²) in [5, 5.41) is 8.56. The number of hydrogen-bond donors (Lipinski definition) is 1. The van der Waals surface area contributed by atoms with Gasteiger partial charge in [-0.05, 0) is 49.6 Å². The van der Waals surface area contributed by atoms with Gasteiger partial charge in [0.2, 0.25) is 0 Å². The van der Waals surface area contributed by atoms with E-state index in [1.807, 2.05) is 22.9 Å². The number of nitrogens with one attached hydrogen (secondary N) is 1. The summed E-state index contributed by atoms with van der Waals surface area (Å²) in [7, 11) is 0. The second kappa shape index (κ2) is 6.73. The first-order valence-electron chi connectivity index (χ1n) is 8.10. The average molecular weight is 447 g/mol. The summed E-state index contributed by atoms with van der Waals surface area (Å²) in [6.45, 7) is 0.991. The second-order valence-electron chi connectivity index (χ2n) is 5.96. The van der Waals surface area contributed by atoms with Crippen LogP contribution in [-0.2, 0) is 6.42 Å². The van der Waals surface area contributed by atoms with Crippen molar-refractivity contribution in [3.8, 4) is 16.9 Å². The van der Waals surface area contributed by atoms with Crippen LogP contribution in [0.2, 0.25) is 0 Å². The number of aromatic nitrogens is 2. The number of halogens is 2. The van der Waals surface area contributed by atoms with Crippen molar-refractivity contribution in [3.63, 3.8) is 0 Å². The Morgan fingerprint density at radius 2 is 1.75 bits per heavy atom. The van der Waals surface area contributed by atoms with Crippen LogP contribution >= 0.6 is 31.9 Å². The fraction of sp³-hybridized carbons (Fsp3) is 0.211. The zero-order chi connectivity index (χ0) is 16.5. The van der Waals surface area contributed by atoms with E-state index in [9.17, 15) is 0 Å². The van der Waals surface area contributed by atoms with Gasteiger partial charge in [-0.15, -0.1) is 0 Å². The van der Waals surface area contributed by atoms with Gasteiger partial charge < -0.3 is 5.32 Å². The topological polar surface area (TPSA) is 29.9 Å². The van der Waals surface area contributed by atoms with Gasteiger partial charge in [0.05, 0.1) is 11.4 Å². The summed E-state index contributed by atoms with van der Waals surface area (Å²) in [5.74, 6) is 1.13. The summed E-state index contributed by atoms with van der Waals surface area (Å²) >= 11 is 7.14. The van der Waals surface area contributed by atoms with Crippen LogP contribution < -0.4 is 5.32 Å². The molecule has 3 aromatic rings. The molecule has 0 radical (unpaired) electrons. The molecule has 3 nitrogen and oxygen atoms in total. The summed E-state index contributed by atoms with van der Waals surface area (Å²) in [5.41, 5.74) is 4.60. The maximum atomic E-state index is 4.97. The van der Waals surface area contributed by atoms with Gasteiger partial charge in [0, 0.05) is 26.6 Å². The van der Waals surface area contributed by atoms with Gasteiger partial charge in [0.15, 0.2) is 0 Å². The molecule has 0 fully saturated rings. The van der Waals surface area contributed by atoms with Gasteiger partial charge in [0.1, 0.15) is 5.82 Å². The molecule has 0 spiro atoms. The molecule has 1 N–H and O–H groups in total. The van der Waals surface area contributed by atoms with Crippen LogP contribution in [0.3, 0.4) is 0 Å². The zero-order valence-electron chi connectivity index (χ0n) is 13.1. The molecular weight excluding hydrogens is 430 g/mol. The molecule has 0 saturated carbocycles. The molecule has 2 aromatic carbocycles. The van der Waals surface area contributed by atoms with E-state index < -0.39 is 0 Å². The van der Waals surface area contributed by atoms with E-state index in [1.165, 1.54) is 18.4 Å². The molecule has 0 atom stereocenters. The van der Waals surface area contributed by atoms with Gasteiger partial charge in [-0.3, -0.25) is 0 Å². The van der Waals surface area contributed by atoms with Crippen LogP contribution in [0.1, 0.15) is 18.4 Å². The SMILES string of the molecule is Brc1cccc(-c2nn(-c3cccc(Br)c3)c3c2CCCCN3)c1. The monoisotopic (exact) mass is 445 g/mol. The van der Waals surface area contributed by atoms with E-state index in [2.05, 4.69) is 67.5 Å². The Hall–Kier alpha value is -1.59. The van der Waals surface area contributed by atoms with Crippen LogP contribution in [0.5, 0.6) is 0 Å². The molecule has 1 aliphatic heterocycles. The Kier molecular flexibility index (Phi) is 4.46. The van der Waals surface area contributed by atoms with Crippen LogP contribution in [-0.4, -0.2) is 16.3 Å². The normalized spacial score (nSPS) is 13.9. The predicted molar refractivity (Wildman–Crippen MR) is 106 cm³/mol.